The first kappa shape index (κ1) is 22.8. The molecule has 0 aromatic heterocycles. The number of rotatable bonds is 6. The van der Waals surface area contributed by atoms with Crippen molar-refractivity contribution < 1.29 is 14.3 Å². The van der Waals surface area contributed by atoms with E-state index in [0.717, 1.165) is 4.47 Å². The third-order valence-corrected chi connectivity index (χ3v) is 5.64. The molecule has 0 spiro atoms. The molecule has 1 aliphatic heterocycles. The Balaban J connectivity index is 1.55. The minimum absolute atomic E-state index is 0.181. The second-order valence-corrected chi connectivity index (χ2v) is 8.52. The van der Waals surface area contributed by atoms with Crippen molar-refractivity contribution in [2.75, 3.05) is 16.9 Å². The van der Waals surface area contributed by atoms with Crippen LogP contribution in [0.15, 0.2) is 87.9 Å². The molecular weight excluding hydrogens is 506 g/mol. The maximum absolute atomic E-state index is 13.1. The molecular formula is C25H19BrClN3O3. The van der Waals surface area contributed by atoms with Crippen molar-refractivity contribution in [1.29, 1.82) is 0 Å². The third-order valence-electron chi connectivity index (χ3n) is 4.83. The van der Waals surface area contributed by atoms with E-state index in [1.807, 2.05) is 24.3 Å². The summed E-state index contributed by atoms with van der Waals surface area (Å²) < 4.78 is 6.58. The van der Waals surface area contributed by atoms with Crippen molar-refractivity contribution in [3.63, 3.8) is 0 Å². The van der Waals surface area contributed by atoms with Crippen molar-refractivity contribution in [3.8, 4) is 5.75 Å². The van der Waals surface area contributed by atoms with E-state index in [4.69, 9.17) is 16.3 Å². The fraction of sp³-hybridized carbons (Fsp3) is 0.0800. The zero-order valence-electron chi connectivity index (χ0n) is 17.6. The first-order valence-corrected chi connectivity index (χ1v) is 11.2. The molecule has 0 radical (unpaired) electrons. The normalized spacial score (nSPS) is 14.4. The number of amides is 2. The fourth-order valence-electron chi connectivity index (χ4n) is 3.25. The molecule has 0 unspecified atom stereocenters. The van der Waals surface area contributed by atoms with Crippen LogP contribution in [0.4, 0.5) is 11.4 Å². The van der Waals surface area contributed by atoms with Gasteiger partial charge in [-0.1, -0.05) is 57.9 Å². The summed E-state index contributed by atoms with van der Waals surface area (Å²) >= 11 is 9.70. The summed E-state index contributed by atoms with van der Waals surface area (Å²) in [5.41, 5.74) is 2.79. The highest BCUT2D eigenvalue weighted by Crippen LogP contribution is 2.32. The molecule has 166 valence electrons. The SMILES string of the molecule is CC1=NN(c2ccccc2Cl)C(=O)C1=Cc1cc(Br)ccc1OCC(=O)Nc1ccccc1. The number of ether oxygens (including phenoxy) is 1. The number of para-hydroxylation sites is 2. The van der Waals surface area contributed by atoms with Crippen LogP contribution < -0.4 is 15.1 Å². The number of benzene rings is 3. The molecule has 8 heteroatoms. The first-order chi connectivity index (χ1) is 15.9. The molecule has 3 aromatic carbocycles. The molecule has 6 nitrogen and oxygen atoms in total. The van der Waals surface area contributed by atoms with Crippen molar-refractivity contribution in [1.82, 2.24) is 0 Å². The monoisotopic (exact) mass is 523 g/mol. The van der Waals surface area contributed by atoms with Crippen LogP contribution in [0.5, 0.6) is 5.75 Å². The van der Waals surface area contributed by atoms with Gasteiger partial charge < -0.3 is 10.1 Å². The molecule has 0 aliphatic carbocycles. The molecule has 1 N–H and O–H groups in total. The maximum Gasteiger partial charge on any atom is 0.280 e. The predicted molar refractivity (Wildman–Crippen MR) is 135 cm³/mol. The molecule has 3 aromatic rings. The molecule has 4 rings (SSSR count). The number of hydrazone groups is 1. The summed E-state index contributed by atoms with van der Waals surface area (Å²) in [6.45, 7) is 1.58. The van der Waals surface area contributed by atoms with E-state index in [1.165, 1.54) is 5.01 Å². The van der Waals surface area contributed by atoms with Crippen LogP contribution in [0.3, 0.4) is 0 Å². The maximum atomic E-state index is 13.1. The second kappa shape index (κ2) is 10.0. The van der Waals surface area contributed by atoms with Crippen molar-refractivity contribution in [2.45, 2.75) is 6.92 Å². The summed E-state index contributed by atoms with van der Waals surface area (Å²) in [6.07, 6.45) is 1.70. The highest BCUT2D eigenvalue weighted by Gasteiger charge is 2.30. The van der Waals surface area contributed by atoms with Gasteiger partial charge in [0.15, 0.2) is 6.61 Å². The van der Waals surface area contributed by atoms with Crippen LogP contribution in [0.1, 0.15) is 12.5 Å². The van der Waals surface area contributed by atoms with Gasteiger partial charge in [0.1, 0.15) is 5.75 Å². The van der Waals surface area contributed by atoms with Gasteiger partial charge in [0.25, 0.3) is 11.8 Å². The average Bonchev–Trinajstić information content (AvgIpc) is 3.08. The van der Waals surface area contributed by atoms with Gasteiger partial charge in [0.05, 0.1) is 22.0 Å². The Kier molecular flexibility index (Phi) is 6.91. The molecule has 0 atom stereocenters. The lowest BCUT2D eigenvalue weighted by Gasteiger charge is -2.13. The van der Waals surface area contributed by atoms with Gasteiger partial charge in [-0.15, -0.1) is 0 Å². The van der Waals surface area contributed by atoms with E-state index in [9.17, 15) is 9.59 Å². The number of nitrogens with zero attached hydrogens (tertiary/aromatic N) is 2. The smallest absolute Gasteiger partial charge is 0.280 e. The van der Waals surface area contributed by atoms with Gasteiger partial charge in [0, 0.05) is 15.7 Å². The Hall–Kier alpha value is -3.42. The summed E-state index contributed by atoms with van der Waals surface area (Å²) in [6, 6.07) is 21.5. The Labute approximate surface area is 204 Å². The highest BCUT2D eigenvalue weighted by molar-refractivity contribution is 9.10. The molecule has 0 saturated heterocycles. The lowest BCUT2D eigenvalue weighted by Crippen LogP contribution is -2.21. The van der Waals surface area contributed by atoms with Gasteiger partial charge >= 0.3 is 0 Å². The lowest BCUT2D eigenvalue weighted by molar-refractivity contribution is -0.118. The Bertz CT molecular complexity index is 1270. The van der Waals surface area contributed by atoms with Crippen LogP contribution >= 0.6 is 27.5 Å². The van der Waals surface area contributed by atoms with Crippen LogP contribution in [0.25, 0.3) is 6.08 Å². The van der Waals surface area contributed by atoms with Crippen LogP contribution in [-0.4, -0.2) is 24.1 Å². The quantitative estimate of drug-likeness (QED) is 0.407. The number of hydrogen-bond acceptors (Lipinski definition) is 4. The third kappa shape index (κ3) is 5.32. The van der Waals surface area contributed by atoms with Gasteiger partial charge in [-0.3, -0.25) is 9.59 Å². The van der Waals surface area contributed by atoms with E-state index in [-0.39, 0.29) is 18.4 Å². The van der Waals surface area contributed by atoms with Crippen LogP contribution in [0, 0.1) is 0 Å². The van der Waals surface area contributed by atoms with Gasteiger partial charge in [-0.25, -0.2) is 0 Å². The van der Waals surface area contributed by atoms with Crippen molar-refractivity contribution >= 4 is 62.5 Å². The molecule has 0 fully saturated rings. The topological polar surface area (TPSA) is 71.0 Å². The average molecular weight is 525 g/mol. The minimum Gasteiger partial charge on any atom is -0.483 e. The Morgan fingerprint density at radius 2 is 1.85 bits per heavy atom. The molecule has 2 amide bonds. The number of halogens is 2. The number of carbonyl (C=O) groups is 2. The minimum atomic E-state index is -0.298. The number of hydrogen-bond donors (Lipinski definition) is 1. The number of carbonyl (C=O) groups excluding carboxylic acids is 2. The zero-order chi connectivity index (χ0) is 23.4. The summed E-state index contributed by atoms with van der Waals surface area (Å²) in [5.74, 6) is -0.124. The lowest BCUT2D eigenvalue weighted by atomic mass is 10.1. The fourth-order valence-corrected chi connectivity index (χ4v) is 3.85. The van der Waals surface area contributed by atoms with Crippen LogP contribution in [0.2, 0.25) is 5.02 Å². The summed E-state index contributed by atoms with van der Waals surface area (Å²) in [7, 11) is 0. The van der Waals surface area contributed by atoms with E-state index >= 15 is 0 Å². The molecule has 33 heavy (non-hydrogen) atoms. The standard InChI is InChI=1S/C25H19BrClN3O3/c1-16-20(25(32)30(29-16)22-10-6-5-9-21(22)27)14-17-13-18(26)11-12-23(17)33-15-24(31)28-19-7-3-2-4-8-19/h2-14H,15H2,1H3,(H,28,31). The van der Waals surface area contributed by atoms with E-state index in [1.54, 1.807) is 61.5 Å². The van der Waals surface area contributed by atoms with E-state index in [2.05, 4.69) is 26.3 Å². The van der Waals surface area contributed by atoms with Crippen LogP contribution in [-0.2, 0) is 9.59 Å². The van der Waals surface area contributed by atoms with E-state index in [0.29, 0.717) is 39.0 Å². The molecule has 0 saturated carbocycles. The zero-order valence-corrected chi connectivity index (χ0v) is 19.9. The number of anilines is 2. The van der Waals surface area contributed by atoms with Gasteiger partial charge in [-0.2, -0.15) is 10.1 Å². The van der Waals surface area contributed by atoms with Crippen molar-refractivity contribution in [2.24, 2.45) is 5.10 Å². The second-order valence-electron chi connectivity index (χ2n) is 7.20. The van der Waals surface area contributed by atoms with E-state index < -0.39 is 0 Å². The number of nitrogens with one attached hydrogen (secondary N) is 1. The van der Waals surface area contributed by atoms with Crippen molar-refractivity contribution in [3.05, 3.63) is 93.4 Å². The summed E-state index contributed by atoms with van der Waals surface area (Å²) in [5, 5.41) is 8.88. The molecule has 1 aliphatic rings. The van der Waals surface area contributed by atoms with Gasteiger partial charge in [-0.05, 0) is 55.5 Å². The molecule has 0 bridgehead atoms. The highest BCUT2D eigenvalue weighted by atomic mass is 79.9. The van der Waals surface area contributed by atoms with Gasteiger partial charge in [0.2, 0.25) is 0 Å². The predicted octanol–water partition coefficient (Wildman–Crippen LogP) is 5.93. The first-order valence-electron chi connectivity index (χ1n) is 10.1. The Morgan fingerprint density at radius 3 is 2.61 bits per heavy atom. The Morgan fingerprint density at radius 1 is 1.12 bits per heavy atom. The molecule has 1 heterocycles. The largest absolute Gasteiger partial charge is 0.483 e. The summed E-state index contributed by atoms with van der Waals surface area (Å²) in [4.78, 5) is 25.4.